The van der Waals surface area contributed by atoms with Gasteiger partial charge in [0.05, 0.1) is 11.2 Å². The Morgan fingerprint density at radius 2 is 1.72 bits per heavy atom. The lowest BCUT2D eigenvalue weighted by atomic mass is 9.78. The molecule has 2 heterocycles. The van der Waals surface area contributed by atoms with Crippen LogP contribution in [0.4, 0.5) is 14.5 Å². The van der Waals surface area contributed by atoms with Gasteiger partial charge >= 0.3 is 13.7 Å². The molecule has 2 aliphatic heterocycles. The highest BCUT2D eigenvalue weighted by molar-refractivity contribution is 6.63. The van der Waals surface area contributed by atoms with Gasteiger partial charge in [-0.05, 0) is 33.8 Å². The van der Waals surface area contributed by atoms with Crippen LogP contribution < -0.4 is 20.4 Å². The minimum Gasteiger partial charge on any atom is -0.435 e. The molecule has 25 heavy (non-hydrogen) atoms. The number of rotatable bonds is 4. The van der Waals surface area contributed by atoms with Crippen LogP contribution in [0, 0.1) is 0 Å². The van der Waals surface area contributed by atoms with E-state index in [0.29, 0.717) is 5.46 Å². The fourth-order valence-electron chi connectivity index (χ4n) is 3.01. The number of nitrogens with one attached hydrogen (secondary N) is 1. The standard InChI is InChI=1S/C17H25BF2N2O3/c1-16(2)17(3,4)25-18(24-16)13-6-5-12(11-14(13)23-15(19)20)22-9-7-21-8-10-22/h5-6,11,15,21H,7-10H2,1-4H3. The van der Waals surface area contributed by atoms with Crippen LogP contribution in [0.25, 0.3) is 0 Å². The molecule has 2 fully saturated rings. The highest BCUT2D eigenvalue weighted by Gasteiger charge is 2.52. The summed E-state index contributed by atoms with van der Waals surface area (Å²) < 4.78 is 42.6. The smallest absolute Gasteiger partial charge is 0.435 e. The van der Waals surface area contributed by atoms with Gasteiger partial charge in [0.1, 0.15) is 5.75 Å². The molecular formula is C17H25BF2N2O3. The van der Waals surface area contributed by atoms with Gasteiger partial charge in [0.2, 0.25) is 0 Å². The molecule has 8 heteroatoms. The van der Waals surface area contributed by atoms with Crippen LogP contribution in [-0.4, -0.2) is 51.1 Å². The molecule has 2 saturated heterocycles. The lowest BCUT2D eigenvalue weighted by Crippen LogP contribution is -2.44. The highest BCUT2D eigenvalue weighted by atomic mass is 19.3. The van der Waals surface area contributed by atoms with E-state index in [-0.39, 0.29) is 5.75 Å². The molecule has 138 valence electrons. The van der Waals surface area contributed by atoms with E-state index in [0.717, 1.165) is 31.9 Å². The second-order valence-electron chi connectivity index (χ2n) is 7.43. The average molecular weight is 354 g/mol. The molecule has 0 radical (unpaired) electrons. The number of nitrogens with zero attached hydrogens (tertiary/aromatic N) is 1. The van der Waals surface area contributed by atoms with Crippen LogP contribution in [-0.2, 0) is 9.31 Å². The van der Waals surface area contributed by atoms with E-state index in [1.807, 2.05) is 33.8 Å². The zero-order chi connectivity index (χ0) is 18.2. The number of piperazine rings is 1. The molecule has 3 rings (SSSR count). The normalized spacial score (nSPS) is 22.5. The first-order valence-corrected chi connectivity index (χ1v) is 8.60. The Morgan fingerprint density at radius 3 is 2.28 bits per heavy atom. The molecule has 0 unspecified atom stereocenters. The molecule has 1 aromatic carbocycles. The predicted octanol–water partition coefficient (Wildman–Crippen LogP) is 2.00. The summed E-state index contributed by atoms with van der Waals surface area (Å²) in [6.45, 7) is 8.18. The van der Waals surface area contributed by atoms with Gasteiger partial charge < -0.3 is 24.3 Å². The first-order chi connectivity index (χ1) is 11.7. The van der Waals surface area contributed by atoms with Crippen molar-refractivity contribution in [1.82, 2.24) is 5.32 Å². The van der Waals surface area contributed by atoms with E-state index >= 15 is 0 Å². The summed E-state index contributed by atoms with van der Waals surface area (Å²) >= 11 is 0. The summed E-state index contributed by atoms with van der Waals surface area (Å²) in [7, 11) is -0.740. The van der Waals surface area contributed by atoms with Gasteiger partial charge in [-0.25, -0.2) is 0 Å². The first-order valence-electron chi connectivity index (χ1n) is 8.60. The Balaban J connectivity index is 1.90. The lowest BCUT2D eigenvalue weighted by Gasteiger charge is -2.32. The highest BCUT2D eigenvalue weighted by Crippen LogP contribution is 2.37. The van der Waals surface area contributed by atoms with Crippen molar-refractivity contribution in [1.29, 1.82) is 0 Å². The number of hydrogen-bond donors (Lipinski definition) is 1. The molecule has 0 amide bonds. The van der Waals surface area contributed by atoms with Gasteiger partial charge in [-0.2, -0.15) is 8.78 Å². The monoisotopic (exact) mass is 354 g/mol. The maximum absolute atomic E-state index is 12.9. The van der Waals surface area contributed by atoms with Crippen molar-refractivity contribution in [3.05, 3.63) is 18.2 Å². The quantitative estimate of drug-likeness (QED) is 0.838. The van der Waals surface area contributed by atoms with Crippen molar-refractivity contribution >= 4 is 18.3 Å². The van der Waals surface area contributed by atoms with E-state index in [1.165, 1.54) is 0 Å². The second-order valence-corrected chi connectivity index (χ2v) is 7.43. The number of ether oxygens (including phenoxy) is 1. The van der Waals surface area contributed by atoms with Crippen molar-refractivity contribution in [3.8, 4) is 5.75 Å². The Morgan fingerprint density at radius 1 is 1.12 bits per heavy atom. The maximum atomic E-state index is 12.9. The summed E-state index contributed by atoms with van der Waals surface area (Å²) in [4.78, 5) is 2.14. The fraction of sp³-hybridized carbons (Fsp3) is 0.647. The fourth-order valence-corrected chi connectivity index (χ4v) is 3.01. The third-order valence-corrected chi connectivity index (χ3v) is 5.20. The van der Waals surface area contributed by atoms with Crippen LogP contribution in [0.15, 0.2) is 18.2 Å². The van der Waals surface area contributed by atoms with Crippen LogP contribution in [0.5, 0.6) is 5.75 Å². The number of alkyl halides is 2. The van der Waals surface area contributed by atoms with Gasteiger partial charge in [-0.3, -0.25) is 0 Å². The molecule has 5 nitrogen and oxygen atoms in total. The Kier molecular flexibility index (Phi) is 4.96. The predicted molar refractivity (Wildman–Crippen MR) is 93.9 cm³/mol. The van der Waals surface area contributed by atoms with E-state index in [1.54, 1.807) is 12.1 Å². The molecule has 2 aliphatic rings. The SMILES string of the molecule is CC1(C)OB(c2ccc(N3CCNCC3)cc2OC(F)F)OC1(C)C. The molecule has 0 saturated carbocycles. The molecule has 1 aromatic rings. The summed E-state index contributed by atoms with van der Waals surface area (Å²) in [6.07, 6.45) is 0. The molecule has 0 aliphatic carbocycles. The van der Waals surface area contributed by atoms with Gasteiger partial charge in [-0.1, -0.05) is 6.07 Å². The molecule has 0 atom stereocenters. The maximum Gasteiger partial charge on any atom is 0.498 e. The third-order valence-electron chi connectivity index (χ3n) is 5.20. The number of halogens is 2. The number of hydrogen-bond acceptors (Lipinski definition) is 5. The van der Waals surface area contributed by atoms with Crippen molar-refractivity contribution in [3.63, 3.8) is 0 Å². The molecule has 0 aromatic heterocycles. The van der Waals surface area contributed by atoms with Crippen LogP contribution in [0.2, 0.25) is 0 Å². The van der Waals surface area contributed by atoms with E-state index in [9.17, 15) is 8.78 Å². The van der Waals surface area contributed by atoms with E-state index in [4.69, 9.17) is 14.0 Å². The van der Waals surface area contributed by atoms with Gasteiger partial charge in [0.25, 0.3) is 0 Å². The van der Waals surface area contributed by atoms with Gasteiger partial charge in [0, 0.05) is 43.4 Å². The molecular weight excluding hydrogens is 329 g/mol. The first kappa shape index (κ1) is 18.4. The summed E-state index contributed by atoms with van der Waals surface area (Å²) in [5.74, 6) is 0.101. The third kappa shape index (κ3) is 3.76. The Labute approximate surface area is 147 Å². The van der Waals surface area contributed by atoms with Gasteiger partial charge in [-0.15, -0.1) is 0 Å². The zero-order valence-electron chi connectivity index (χ0n) is 15.1. The minimum atomic E-state index is -2.90. The zero-order valence-corrected chi connectivity index (χ0v) is 15.1. The second kappa shape index (κ2) is 6.74. The van der Waals surface area contributed by atoms with Crippen molar-refractivity contribution in [2.75, 3.05) is 31.1 Å². The van der Waals surface area contributed by atoms with Gasteiger partial charge in [0.15, 0.2) is 0 Å². The molecule has 0 bridgehead atoms. The van der Waals surface area contributed by atoms with Crippen molar-refractivity contribution in [2.45, 2.75) is 45.5 Å². The molecule has 1 N–H and O–H groups in total. The number of benzene rings is 1. The summed E-state index contributed by atoms with van der Waals surface area (Å²) in [5.41, 5.74) is 0.253. The van der Waals surface area contributed by atoms with Crippen molar-refractivity contribution in [2.24, 2.45) is 0 Å². The number of anilines is 1. The van der Waals surface area contributed by atoms with Crippen LogP contribution in [0.3, 0.4) is 0 Å². The average Bonchev–Trinajstić information content (AvgIpc) is 2.75. The van der Waals surface area contributed by atoms with E-state index < -0.39 is 24.9 Å². The largest absolute Gasteiger partial charge is 0.498 e. The topological polar surface area (TPSA) is 43.0 Å². The summed E-state index contributed by atoms with van der Waals surface area (Å²) in [5, 5.41) is 3.27. The minimum absolute atomic E-state index is 0.101. The Bertz CT molecular complexity index is 606. The Hall–Kier alpha value is -1.38. The molecule has 0 spiro atoms. The summed E-state index contributed by atoms with van der Waals surface area (Å²) in [6, 6.07) is 5.32. The van der Waals surface area contributed by atoms with Crippen molar-refractivity contribution < 1.29 is 22.8 Å². The lowest BCUT2D eigenvalue weighted by molar-refractivity contribution is -0.0492. The van der Waals surface area contributed by atoms with Crippen LogP contribution in [0.1, 0.15) is 27.7 Å². The van der Waals surface area contributed by atoms with Crippen LogP contribution >= 0.6 is 0 Å². The van der Waals surface area contributed by atoms with E-state index in [2.05, 4.69) is 10.2 Å².